The van der Waals surface area contributed by atoms with Crippen molar-refractivity contribution >= 4 is 11.8 Å². The molecule has 2 aromatic carbocycles. The van der Waals surface area contributed by atoms with Crippen LogP contribution in [0.15, 0.2) is 54.6 Å². The summed E-state index contributed by atoms with van der Waals surface area (Å²) in [6.07, 6.45) is 2.70. The number of Topliss-reactive ketones (excluding diaryl/α,β-unsaturated/α-hetero) is 1. The van der Waals surface area contributed by atoms with Crippen LogP contribution in [0.3, 0.4) is 0 Å². The number of hydrogen-bond acceptors (Lipinski definition) is 5. The molecule has 188 valence electrons. The summed E-state index contributed by atoms with van der Waals surface area (Å²) in [5.41, 5.74) is 1.94. The van der Waals surface area contributed by atoms with E-state index in [0.29, 0.717) is 42.9 Å². The first-order valence-electron chi connectivity index (χ1n) is 12.4. The molecule has 0 spiro atoms. The van der Waals surface area contributed by atoms with Crippen LogP contribution in [0.1, 0.15) is 53.0 Å². The minimum Gasteiger partial charge on any atom is -0.486 e. The van der Waals surface area contributed by atoms with Gasteiger partial charge >= 0.3 is 5.97 Å². The minimum absolute atomic E-state index is 0.195. The van der Waals surface area contributed by atoms with Gasteiger partial charge in [0, 0.05) is 17.0 Å². The van der Waals surface area contributed by atoms with Crippen molar-refractivity contribution in [2.24, 2.45) is 0 Å². The number of hydrogen-bond donors (Lipinski definition) is 0. The third-order valence-corrected chi connectivity index (χ3v) is 7.39. The molecule has 0 amide bonds. The molecule has 1 fully saturated rings. The van der Waals surface area contributed by atoms with E-state index < -0.39 is 11.4 Å². The predicted octanol–water partition coefficient (Wildman–Crippen LogP) is 5.32. The van der Waals surface area contributed by atoms with Gasteiger partial charge < -0.3 is 18.8 Å². The Morgan fingerprint density at radius 2 is 1.81 bits per heavy atom. The van der Waals surface area contributed by atoms with E-state index in [9.17, 15) is 14.0 Å². The lowest BCUT2D eigenvalue weighted by Gasteiger charge is -2.27. The van der Waals surface area contributed by atoms with Crippen molar-refractivity contribution in [3.63, 3.8) is 0 Å². The molecule has 1 aromatic heterocycles. The normalized spacial score (nSPS) is 18.1. The first-order valence-corrected chi connectivity index (χ1v) is 12.4. The standard InChI is InChI=1S/C29H30FNO5/c1-19-14-24(20(2)31(19)16-23-17-34-26-10-3-4-11-27(26)36-23)25(32)18-35-28(33)29(12-5-6-13-29)21-8-7-9-22(30)15-21/h3-4,7-11,14-15,23H,5-6,12-13,16-18H2,1-2H3/t23-/m0/s1. The van der Waals surface area contributed by atoms with Gasteiger partial charge in [-0.1, -0.05) is 37.1 Å². The number of rotatable bonds is 7. The maximum absolute atomic E-state index is 13.9. The van der Waals surface area contributed by atoms with E-state index in [2.05, 4.69) is 0 Å². The lowest BCUT2D eigenvalue weighted by atomic mass is 9.79. The number of halogens is 1. The number of carbonyl (C=O) groups is 2. The van der Waals surface area contributed by atoms with Crippen LogP contribution in [0.2, 0.25) is 0 Å². The summed E-state index contributed by atoms with van der Waals surface area (Å²) in [4.78, 5) is 26.3. The fraction of sp³-hybridized carbons (Fsp3) is 0.379. The van der Waals surface area contributed by atoms with Crippen molar-refractivity contribution in [2.75, 3.05) is 13.2 Å². The lowest BCUT2D eigenvalue weighted by Crippen LogP contribution is -2.36. The first kappa shape index (κ1) is 24.1. The Bertz CT molecular complexity index is 1290. The quantitative estimate of drug-likeness (QED) is 0.331. The molecular formula is C29H30FNO5. The Morgan fingerprint density at radius 1 is 1.06 bits per heavy atom. The topological polar surface area (TPSA) is 66.8 Å². The summed E-state index contributed by atoms with van der Waals surface area (Å²) in [7, 11) is 0. The highest BCUT2D eigenvalue weighted by atomic mass is 19.1. The van der Waals surface area contributed by atoms with Crippen LogP contribution in [0.5, 0.6) is 11.5 Å². The number of ether oxygens (including phenoxy) is 3. The van der Waals surface area contributed by atoms with Crippen molar-refractivity contribution in [1.29, 1.82) is 0 Å². The van der Waals surface area contributed by atoms with Crippen LogP contribution in [-0.4, -0.2) is 35.6 Å². The Balaban J connectivity index is 1.27. The molecule has 1 aliphatic heterocycles. The van der Waals surface area contributed by atoms with Gasteiger partial charge in [0.05, 0.1) is 12.0 Å². The number of fused-ring (bicyclic) bond motifs is 1. The van der Waals surface area contributed by atoms with E-state index >= 15 is 0 Å². The number of aromatic nitrogens is 1. The van der Waals surface area contributed by atoms with Crippen LogP contribution in [0, 0.1) is 19.7 Å². The number of esters is 1. The zero-order chi connectivity index (χ0) is 25.3. The molecule has 2 aliphatic rings. The highest BCUT2D eigenvalue weighted by Crippen LogP contribution is 2.42. The monoisotopic (exact) mass is 491 g/mol. The summed E-state index contributed by atoms with van der Waals surface area (Å²) < 4.78 is 33.4. The Kier molecular flexibility index (Phi) is 6.56. The highest BCUT2D eigenvalue weighted by Gasteiger charge is 2.44. The van der Waals surface area contributed by atoms with Crippen molar-refractivity contribution in [1.82, 2.24) is 4.57 Å². The molecule has 5 rings (SSSR count). The summed E-state index contributed by atoms with van der Waals surface area (Å²) >= 11 is 0. The van der Waals surface area contributed by atoms with Gasteiger partial charge in [-0.25, -0.2) is 4.39 Å². The molecule has 3 aromatic rings. The Morgan fingerprint density at radius 3 is 2.56 bits per heavy atom. The first-order chi connectivity index (χ1) is 17.4. The second-order valence-electron chi connectivity index (χ2n) is 9.69. The van der Waals surface area contributed by atoms with E-state index in [0.717, 1.165) is 30.0 Å². The van der Waals surface area contributed by atoms with E-state index in [1.165, 1.54) is 12.1 Å². The van der Waals surface area contributed by atoms with Gasteiger partial charge in [-0.05, 0) is 62.6 Å². The van der Waals surface area contributed by atoms with Crippen LogP contribution in [-0.2, 0) is 21.5 Å². The van der Waals surface area contributed by atoms with Gasteiger partial charge in [-0.2, -0.15) is 0 Å². The van der Waals surface area contributed by atoms with Gasteiger partial charge in [0.1, 0.15) is 12.4 Å². The molecule has 1 saturated carbocycles. The summed E-state index contributed by atoms with van der Waals surface area (Å²) in [5, 5.41) is 0. The molecular weight excluding hydrogens is 461 g/mol. The second kappa shape index (κ2) is 9.80. The number of carbonyl (C=O) groups excluding carboxylic acids is 2. The molecule has 7 heteroatoms. The molecule has 0 N–H and O–H groups in total. The highest BCUT2D eigenvalue weighted by molar-refractivity contribution is 5.99. The van der Waals surface area contributed by atoms with E-state index in [1.807, 2.05) is 48.7 Å². The van der Waals surface area contributed by atoms with Gasteiger partial charge in [0.25, 0.3) is 0 Å². The van der Waals surface area contributed by atoms with E-state index in [4.69, 9.17) is 14.2 Å². The van der Waals surface area contributed by atoms with Gasteiger partial charge in [-0.15, -0.1) is 0 Å². The largest absolute Gasteiger partial charge is 0.486 e. The van der Waals surface area contributed by atoms with E-state index in [1.54, 1.807) is 12.1 Å². The second-order valence-corrected chi connectivity index (χ2v) is 9.69. The molecule has 1 aliphatic carbocycles. The molecule has 2 heterocycles. The molecule has 6 nitrogen and oxygen atoms in total. The summed E-state index contributed by atoms with van der Waals surface area (Å²) in [6.45, 7) is 4.41. The fourth-order valence-electron chi connectivity index (χ4n) is 5.44. The van der Waals surface area contributed by atoms with E-state index in [-0.39, 0.29) is 24.3 Å². The Hall–Kier alpha value is -3.61. The van der Waals surface area contributed by atoms with Crippen LogP contribution in [0.4, 0.5) is 4.39 Å². The maximum atomic E-state index is 13.9. The zero-order valence-electron chi connectivity index (χ0n) is 20.6. The average molecular weight is 492 g/mol. The lowest BCUT2D eigenvalue weighted by molar-refractivity contribution is -0.149. The summed E-state index contributed by atoms with van der Waals surface area (Å²) in [5.74, 6) is 0.329. The number of para-hydroxylation sites is 2. The van der Waals surface area contributed by atoms with Crippen LogP contribution < -0.4 is 9.47 Å². The third-order valence-electron chi connectivity index (χ3n) is 7.39. The van der Waals surface area contributed by atoms with Crippen LogP contribution in [0.25, 0.3) is 0 Å². The fourth-order valence-corrected chi connectivity index (χ4v) is 5.44. The number of aryl methyl sites for hydroxylation is 1. The third kappa shape index (κ3) is 4.50. The smallest absolute Gasteiger partial charge is 0.317 e. The van der Waals surface area contributed by atoms with Gasteiger partial charge in [0.2, 0.25) is 5.78 Å². The van der Waals surface area contributed by atoms with Crippen molar-refractivity contribution < 1.29 is 28.2 Å². The van der Waals surface area contributed by atoms with Crippen molar-refractivity contribution in [3.05, 3.63) is 82.9 Å². The van der Waals surface area contributed by atoms with Crippen molar-refractivity contribution in [3.8, 4) is 11.5 Å². The molecule has 0 saturated heterocycles. The minimum atomic E-state index is -0.895. The Labute approximate surface area is 210 Å². The number of benzene rings is 2. The zero-order valence-corrected chi connectivity index (χ0v) is 20.6. The van der Waals surface area contributed by atoms with Gasteiger partial charge in [0.15, 0.2) is 24.2 Å². The molecule has 0 unspecified atom stereocenters. The predicted molar refractivity (Wildman–Crippen MR) is 132 cm³/mol. The van der Waals surface area contributed by atoms with Gasteiger partial charge in [-0.3, -0.25) is 9.59 Å². The SMILES string of the molecule is Cc1cc(C(=O)COC(=O)C2(c3cccc(F)c3)CCCC2)c(C)n1C[C@H]1COc2ccccc2O1. The van der Waals surface area contributed by atoms with Crippen molar-refractivity contribution in [2.45, 2.75) is 57.6 Å². The molecule has 0 bridgehead atoms. The average Bonchev–Trinajstić information content (AvgIpc) is 3.49. The maximum Gasteiger partial charge on any atom is 0.317 e. The number of nitrogens with zero attached hydrogens (tertiary/aromatic N) is 1. The molecule has 36 heavy (non-hydrogen) atoms. The molecule has 1 atom stereocenters. The summed E-state index contributed by atoms with van der Waals surface area (Å²) in [6, 6.07) is 15.5. The number of ketones is 1. The van der Waals surface area contributed by atoms with Crippen LogP contribution >= 0.6 is 0 Å². The molecule has 0 radical (unpaired) electrons.